The van der Waals surface area contributed by atoms with E-state index in [1.54, 1.807) is 6.07 Å². The van der Waals surface area contributed by atoms with Crippen molar-refractivity contribution in [3.63, 3.8) is 0 Å². The summed E-state index contributed by atoms with van der Waals surface area (Å²) in [7, 11) is 0. The first-order valence-corrected chi connectivity index (χ1v) is 6.97. The zero-order valence-corrected chi connectivity index (χ0v) is 10.5. The maximum Gasteiger partial charge on any atom is 0.141 e. The molecular weight excluding hydrogens is 213 g/mol. The van der Waals surface area contributed by atoms with E-state index in [1.165, 1.54) is 64.0 Å². The number of hydrogen-bond acceptors (Lipinski definition) is 1. The largest absolute Gasteiger partial charge is 0.261 e. The molecule has 0 aliphatic heterocycles. The summed E-state index contributed by atoms with van der Waals surface area (Å²) in [4.78, 5) is 3.98. The minimum atomic E-state index is -0.195. The zero-order valence-electron chi connectivity index (χ0n) is 10.5. The molecule has 1 heterocycles. The quantitative estimate of drug-likeness (QED) is 0.679. The van der Waals surface area contributed by atoms with Gasteiger partial charge in [-0.1, -0.05) is 44.9 Å². The highest BCUT2D eigenvalue weighted by Crippen LogP contribution is 2.29. The fraction of sp³-hybridized carbons (Fsp3) is 0.667. The minimum absolute atomic E-state index is 0.195. The Morgan fingerprint density at radius 3 is 2.06 bits per heavy atom. The van der Waals surface area contributed by atoms with Gasteiger partial charge in [0.2, 0.25) is 0 Å². The highest BCUT2D eigenvalue weighted by atomic mass is 19.1. The van der Waals surface area contributed by atoms with Crippen molar-refractivity contribution >= 4 is 0 Å². The normalized spacial score (nSPS) is 20.1. The molecule has 17 heavy (non-hydrogen) atoms. The second-order valence-electron chi connectivity index (χ2n) is 5.19. The summed E-state index contributed by atoms with van der Waals surface area (Å²) >= 11 is 0. The standard InChI is InChI=1S/C15H22FN/c16-15-10-14(11-17-12-15)13-8-6-4-2-1-3-5-7-9-13/h10-13H,1-9H2. The fourth-order valence-electron chi connectivity index (χ4n) is 2.79. The Morgan fingerprint density at radius 2 is 1.47 bits per heavy atom. The van der Waals surface area contributed by atoms with Gasteiger partial charge in [0, 0.05) is 6.20 Å². The lowest BCUT2D eigenvalue weighted by atomic mass is 9.88. The van der Waals surface area contributed by atoms with E-state index in [0.29, 0.717) is 5.92 Å². The first-order valence-electron chi connectivity index (χ1n) is 6.97. The molecular formula is C15H22FN. The van der Waals surface area contributed by atoms with E-state index in [4.69, 9.17) is 0 Å². The van der Waals surface area contributed by atoms with Gasteiger partial charge in [0.1, 0.15) is 5.82 Å². The van der Waals surface area contributed by atoms with Gasteiger partial charge in [-0.05, 0) is 30.4 Å². The topological polar surface area (TPSA) is 12.9 Å². The SMILES string of the molecule is Fc1cncc(C2CCCCCCCCC2)c1. The molecule has 0 aromatic carbocycles. The monoisotopic (exact) mass is 235 g/mol. The predicted octanol–water partition coefficient (Wildman–Crippen LogP) is 4.83. The summed E-state index contributed by atoms with van der Waals surface area (Å²) < 4.78 is 13.2. The van der Waals surface area contributed by atoms with Crippen LogP contribution in [0.1, 0.15) is 69.3 Å². The van der Waals surface area contributed by atoms with Crippen LogP contribution in [0.25, 0.3) is 0 Å². The Balaban J connectivity index is 2.00. The van der Waals surface area contributed by atoms with Crippen molar-refractivity contribution in [3.05, 3.63) is 29.8 Å². The molecule has 1 aromatic rings. The van der Waals surface area contributed by atoms with Gasteiger partial charge in [-0.15, -0.1) is 0 Å². The van der Waals surface area contributed by atoms with E-state index < -0.39 is 0 Å². The molecule has 0 N–H and O–H groups in total. The van der Waals surface area contributed by atoms with Crippen LogP contribution in [0.5, 0.6) is 0 Å². The third kappa shape index (κ3) is 4.10. The molecule has 1 nitrogen and oxygen atoms in total. The Morgan fingerprint density at radius 1 is 0.882 bits per heavy atom. The number of aromatic nitrogens is 1. The van der Waals surface area contributed by atoms with Crippen molar-refractivity contribution in [1.82, 2.24) is 4.98 Å². The average Bonchev–Trinajstić information content (AvgIpc) is 2.36. The van der Waals surface area contributed by atoms with Gasteiger partial charge in [-0.3, -0.25) is 4.98 Å². The molecule has 0 spiro atoms. The van der Waals surface area contributed by atoms with Crippen molar-refractivity contribution in [3.8, 4) is 0 Å². The summed E-state index contributed by atoms with van der Waals surface area (Å²) in [5, 5.41) is 0. The molecule has 1 saturated carbocycles. The molecule has 2 rings (SSSR count). The molecule has 0 saturated heterocycles. The summed E-state index contributed by atoms with van der Waals surface area (Å²) in [6, 6.07) is 1.67. The van der Waals surface area contributed by atoms with Crippen molar-refractivity contribution in [1.29, 1.82) is 0 Å². The first-order chi connectivity index (χ1) is 8.36. The molecule has 1 aliphatic carbocycles. The van der Waals surface area contributed by atoms with Gasteiger partial charge >= 0.3 is 0 Å². The van der Waals surface area contributed by atoms with Crippen molar-refractivity contribution in [2.75, 3.05) is 0 Å². The second kappa shape index (κ2) is 6.73. The second-order valence-corrected chi connectivity index (χ2v) is 5.19. The predicted molar refractivity (Wildman–Crippen MR) is 68.5 cm³/mol. The lowest BCUT2D eigenvalue weighted by molar-refractivity contribution is 0.460. The van der Waals surface area contributed by atoms with Crippen molar-refractivity contribution in [2.45, 2.75) is 63.7 Å². The molecule has 0 radical (unpaired) electrons. The minimum Gasteiger partial charge on any atom is -0.261 e. The van der Waals surface area contributed by atoms with E-state index in [2.05, 4.69) is 4.98 Å². The average molecular weight is 235 g/mol. The van der Waals surface area contributed by atoms with Crippen molar-refractivity contribution in [2.24, 2.45) is 0 Å². The maximum absolute atomic E-state index is 13.2. The third-order valence-corrected chi connectivity index (χ3v) is 3.80. The van der Waals surface area contributed by atoms with Crippen LogP contribution in [0, 0.1) is 5.82 Å². The van der Waals surface area contributed by atoms with Gasteiger partial charge in [-0.2, -0.15) is 0 Å². The molecule has 94 valence electrons. The Bertz CT molecular complexity index is 327. The molecule has 0 atom stereocenters. The van der Waals surface area contributed by atoms with Crippen LogP contribution in [0.3, 0.4) is 0 Å². The number of nitrogens with zero attached hydrogens (tertiary/aromatic N) is 1. The van der Waals surface area contributed by atoms with Crippen molar-refractivity contribution < 1.29 is 4.39 Å². The van der Waals surface area contributed by atoms with Gasteiger partial charge in [0.25, 0.3) is 0 Å². The number of rotatable bonds is 1. The summed E-state index contributed by atoms with van der Waals surface area (Å²) in [6.45, 7) is 0. The summed E-state index contributed by atoms with van der Waals surface area (Å²) in [6.07, 6.45) is 14.9. The molecule has 1 fully saturated rings. The van der Waals surface area contributed by atoms with Crippen LogP contribution >= 0.6 is 0 Å². The molecule has 2 heteroatoms. The summed E-state index contributed by atoms with van der Waals surface area (Å²) in [5.41, 5.74) is 1.10. The van der Waals surface area contributed by atoms with Gasteiger partial charge in [0.05, 0.1) is 6.20 Å². The van der Waals surface area contributed by atoms with Gasteiger partial charge in [0.15, 0.2) is 0 Å². The Kier molecular flexibility index (Phi) is 4.96. The van der Waals surface area contributed by atoms with Crippen LogP contribution in [-0.4, -0.2) is 4.98 Å². The van der Waals surface area contributed by atoms with Crippen LogP contribution in [0.15, 0.2) is 18.5 Å². The Labute approximate surface area is 103 Å². The molecule has 1 aromatic heterocycles. The first kappa shape index (κ1) is 12.5. The Hall–Kier alpha value is -0.920. The maximum atomic E-state index is 13.2. The highest BCUT2D eigenvalue weighted by molar-refractivity contribution is 5.15. The lowest BCUT2D eigenvalue weighted by Crippen LogP contribution is -2.02. The van der Waals surface area contributed by atoms with E-state index in [1.807, 2.05) is 6.20 Å². The van der Waals surface area contributed by atoms with Gasteiger partial charge in [-0.25, -0.2) is 4.39 Å². The smallest absolute Gasteiger partial charge is 0.141 e. The lowest BCUT2D eigenvalue weighted by Gasteiger charge is -2.18. The molecule has 0 bridgehead atoms. The number of hydrogen-bond donors (Lipinski definition) is 0. The molecule has 1 aliphatic rings. The van der Waals surface area contributed by atoms with Gasteiger partial charge < -0.3 is 0 Å². The number of pyridine rings is 1. The van der Waals surface area contributed by atoms with E-state index >= 15 is 0 Å². The third-order valence-electron chi connectivity index (χ3n) is 3.80. The molecule has 0 amide bonds. The van der Waals surface area contributed by atoms with E-state index in [0.717, 1.165) is 5.56 Å². The summed E-state index contributed by atoms with van der Waals surface area (Å²) in [5.74, 6) is 0.330. The zero-order chi connectivity index (χ0) is 11.9. The van der Waals surface area contributed by atoms with E-state index in [-0.39, 0.29) is 5.82 Å². The van der Waals surface area contributed by atoms with Crippen LogP contribution in [0.2, 0.25) is 0 Å². The number of halogens is 1. The highest BCUT2D eigenvalue weighted by Gasteiger charge is 2.13. The van der Waals surface area contributed by atoms with Crippen LogP contribution < -0.4 is 0 Å². The fourth-order valence-corrected chi connectivity index (χ4v) is 2.79. The van der Waals surface area contributed by atoms with Crippen LogP contribution in [-0.2, 0) is 0 Å². The molecule has 0 unspecified atom stereocenters. The van der Waals surface area contributed by atoms with E-state index in [9.17, 15) is 4.39 Å². The van der Waals surface area contributed by atoms with Crippen LogP contribution in [0.4, 0.5) is 4.39 Å².